The molecule has 1 atom stereocenters. The van der Waals surface area contributed by atoms with Gasteiger partial charge < -0.3 is 5.73 Å². The molecule has 1 aliphatic rings. The van der Waals surface area contributed by atoms with E-state index < -0.39 is 0 Å². The number of nitrogens with zero attached hydrogens (tertiary/aromatic N) is 2. The van der Waals surface area contributed by atoms with Crippen molar-refractivity contribution in [3.05, 3.63) is 23.6 Å². The molecule has 1 aliphatic carbocycles. The summed E-state index contributed by atoms with van der Waals surface area (Å²) in [6, 6.07) is 1.98. The van der Waals surface area contributed by atoms with Crippen molar-refractivity contribution in [2.75, 3.05) is 5.73 Å². The van der Waals surface area contributed by atoms with Crippen molar-refractivity contribution in [3.8, 4) is 0 Å². The fraction of sp³-hybridized carbons (Fsp3) is 0.333. The van der Waals surface area contributed by atoms with E-state index in [4.69, 9.17) is 5.73 Å². The molecule has 5 heteroatoms. The molecule has 3 rings (SSSR count). The van der Waals surface area contributed by atoms with Crippen molar-refractivity contribution in [2.45, 2.75) is 29.7 Å². The topological polar surface area (TPSA) is 51.8 Å². The van der Waals surface area contributed by atoms with Gasteiger partial charge in [0, 0.05) is 5.25 Å². The van der Waals surface area contributed by atoms with Crippen molar-refractivity contribution in [1.29, 1.82) is 0 Å². The van der Waals surface area contributed by atoms with Crippen LogP contribution in [0.3, 0.4) is 0 Å². The molecule has 2 aromatic rings. The quantitative estimate of drug-likeness (QED) is 0.666. The van der Waals surface area contributed by atoms with E-state index in [2.05, 4.69) is 22.1 Å². The Morgan fingerprint density at radius 1 is 1.41 bits per heavy atom. The van der Waals surface area contributed by atoms with Crippen LogP contribution in [-0.2, 0) is 0 Å². The van der Waals surface area contributed by atoms with E-state index in [1.54, 1.807) is 23.1 Å². The first kappa shape index (κ1) is 11.0. The highest BCUT2D eigenvalue weighted by molar-refractivity contribution is 7.99. The third-order valence-corrected chi connectivity index (χ3v) is 4.70. The lowest BCUT2D eigenvalue weighted by atomic mass is 10.1. The summed E-state index contributed by atoms with van der Waals surface area (Å²) in [6.45, 7) is 0. The summed E-state index contributed by atoms with van der Waals surface area (Å²) in [6.07, 6.45) is 8.16. The first-order valence-electron chi connectivity index (χ1n) is 5.67. The van der Waals surface area contributed by atoms with E-state index in [0.29, 0.717) is 11.1 Å². The number of hydrogen-bond donors (Lipinski definition) is 1. The summed E-state index contributed by atoms with van der Waals surface area (Å²) in [5.41, 5.74) is 5.93. The predicted molar refractivity (Wildman–Crippen MR) is 74.5 cm³/mol. The van der Waals surface area contributed by atoms with E-state index in [-0.39, 0.29) is 0 Å². The fourth-order valence-corrected chi connectivity index (χ4v) is 3.79. The second-order valence-electron chi connectivity index (χ2n) is 4.05. The van der Waals surface area contributed by atoms with Crippen molar-refractivity contribution in [2.24, 2.45) is 0 Å². The maximum Gasteiger partial charge on any atom is 0.191 e. The minimum atomic E-state index is 0.501. The minimum Gasteiger partial charge on any atom is -0.383 e. The van der Waals surface area contributed by atoms with Gasteiger partial charge in [-0.1, -0.05) is 23.9 Å². The molecule has 2 heterocycles. The number of nitrogens with two attached hydrogens (primary N) is 1. The molecule has 0 saturated heterocycles. The molecule has 0 fully saturated rings. The van der Waals surface area contributed by atoms with Gasteiger partial charge in [-0.3, -0.25) is 0 Å². The van der Waals surface area contributed by atoms with Gasteiger partial charge in [-0.2, -0.15) is 0 Å². The van der Waals surface area contributed by atoms with Crippen molar-refractivity contribution in [3.63, 3.8) is 0 Å². The zero-order valence-corrected chi connectivity index (χ0v) is 10.9. The number of nitrogen functional groups attached to an aromatic ring is 1. The standard InChI is InChI=1S/C12H13N3S2/c13-10-9-6-7-16-11(9)15-12(14-10)17-8-4-2-1-3-5-8/h2,4,6-8H,1,3,5H2,(H2,13,14,15). The van der Waals surface area contributed by atoms with Crippen LogP contribution >= 0.6 is 23.1 Å². The number of allylic oxidation sites excluding steroid dienone is 1. The number of fused-ring (bicyclic) bond motifs is 1. The zero-order valence-electron chi connectivity index (χ0n) is 9.30. The molecule has 3 nitrogen and oxygen atoms in total. The van der Waals surface area contributed by atoms with Gasteiger partial charge in [0.15, 0.2) is 5.16 Å². The molecule has 2 aromatic heterocycles. The highest BCUT2D eigenvalue weighted by Crippen LogP contribution is 2.31. The smallest absolute Gasteiger partial charge is 0.191 e. The van der Waals surface area contributed by atoms with Crippen LogP contribution in [0.15, 0.2) is 28.8 Å². The van der Waals surface area contributed by atoms with Gasteiger partial charge in [0.25, 0.3) is 0 Å². The Labute approximate surface area is 108 Å². The van der Waals surface area contributed by atoms with Crippen LogP contribution in [0.1, 0.15) is 19.3 Å². The van der Waals surface area contributed by atoms with Crippen LogP contribution in [0.5, 0.6) is 0 Å². The summed E-state index contributed by atoms with van der Waals surface area (Å²) in [4.78, 5) is 9.90. The van der Waals surface area contributed by atoms with Crippen LogP contribution in [0, 0.1) is 0 Å². The fourth-order valence-electron chi connectivity index (χ4n) is 1.93. The van der Waals surface area contributed by atoms with E-state index >= 15 is 0 Å². The average Bonchev–Trinajstić information content (AvgIpc) is 2.79. The second kappa shape index (κ2) is 4.66. The lowest BCUT2D eigenvalue weighted by Crippen LogP contribution is -2.04. The average molecular weight is 263 g/mol. The Kier molecular flexibility index (Phi) is 3.03. The van der Waals surface area contributed by atoms with E-state index in [0.717, 1.165) is 15.4 Å². The molecule has 0 spiro atoms. The van der Waals surface area contributed by atoms with Gasteiger partial charge in [-0.15, -0.1) is 11.3 Å². The molecule has 0 aromatic carbocycles. The third-order valence-electron chi connectivity index (χ3n) is 2.80. The Morgan fingerprint density at radius 3 is 3.18 bits per heavy atom. The van der Waals surface area contributed by atoms with Crippen molar-refractivity contribution < 1.29 is 0 Å². The summed E-state index contributed by atoms with van der Waals surface area (Å²) >= 11 is 3.33. The van der Waals surface area contributed by atoms with Crippen LogP contribution in [0.4, 0.5) is 5.82 Å². The predicted octanol–water partition coefficient (Wildman–Crippen LogP) is 3.47. The Hall–Kier alpha value is -1.07. The van der Waals surface area contributed by atoms with Gasteiger partial charge in [0.1, 0.15) is 10.6 Å². The largest absolute Gasteiger partial charge is 0.383 e. The first-order chi connectivity index (χ1) is 8.33. The maximum atomic E-state index is 5.93. The highest BCUT2D eigenvalue weighted by atomic mass is 32.2. The third kappa shape index (κ3) is 2.30. The molecule has 0 saturated carbocycles. The summed E-state index contributed by atoms with van der Waals surface area (Å²) in [5.74, 6) is 0.596. The molecule has 2 N–H and O–H groups in total. The Morgan fingerprint density at radius 2 is 2.35 bits per heavy atom. The van der Waals surface area contributed by atoms with Gasteiger partial charge in [0.05, 0.1) is 5.39 Å². The SMILES string of the molecule is Nc1nc(SC2C=CCCC2)nc2sccc12. The van der Waals surface area contributed by atoms with Crippen LogP contribution in [0.2, 0.25) is 0 Å². The number of aromatic nitrogens is 2. The van der Waals surface area contributed by atoms with E-state index in [9.17, 15) is 0 Å². The zero-order chi connectivity index (χ0) is 11.7. The van der Waals surface area contributed by atoms with E-state index in [1.807, 2.05) is 11.4 Å². The second-order valence-corrected chi connectivity index (χ2v) is 6.15. The van der Waals surface area contributed by atoms with Gasteiger partial charge >= 0.3 is 0 Å². The number of rotatable bonds is 2. The Bertz CT molecular complexity index is 562. The molecule has 17 heavy (non-hydrogen) atoms. The van der Waals surface area contributed by atoms with Gasteiger partial charge in [-0.05, 0) is 30.7 Å². The molecule has 0 bridgehead atoms. The molecule has 1 unspecified atom stereocenters. The van der Waals surface area contributed by atoms with Crippen LogP contribution in [0.25, 0.3) is 10.2 Å². The number of thiophene rings is 1. The number of thioether (sulfide) groups is 1. The monoisotopic (exact) mass is 263 g/mol. The molecule has 0 radical (unpaired) electrons. The van der Waals surface area contributed by atoms with Gasteiger partial charge in [0.2, 0.25) is 0 Å². The molecular formula is C12H13N3S2. The van der Waals surface area contributed by atoms with Crippen LogP contribution in [-0.4, -0.2) is 15.2 Å². The van der Waals surface area contributed by atoms with Crippen molar-refractivity contribution in [1.82, 2.24) is 9.97 Å². The Balaban J connectivity index is 1.89. The van der Waals surface area contributed by atoms with Gasteiger partial charge in [-0.25, -0.2) is 9.97 Å². The van der Waals surface area contributed by atoms with E-state index in [1.165, 1.54) is 19.3 Å². The summed E-state index contributed by atoms with van der Waals surface area (Å²) < 4.78 is 0. The lowest BCUT2D eigenvalue weighted by Gasteiger charge is -2.14. The maximum absolute atomic E-state index is 5.93. The first-order valence-corrected chi connectivity index (χ1v) is 7.43. The molecule has 0 amide bonds. The summed E-state index contributed by atoms with van der Waals surface area (Å²) in [5, 5.41) is 4.28. The molecule has 0 aliphatic heterocycles. The number of hydrogen-bond acceptors (Lipinski definition) is 5. The minimum absolute atomic E-state index is 0.501. The van der Waals surface area contributed by atoms with Crippen LogP contribution < -0.4 is 5.73 Å². The molecular weight excluding hydrogens is 250 g/mol. The lowest BCUT2D eigenvalue weighted by molar-refractivity contribution is 0.739. The number of anilines is 1. The normalized spacial score (nSPS) is 19.9. The summed E-state index contributed by atoms with van der Waals surface area (Å²) in [7, 11) is 0. The molecule has 88 valence electrons. The van der Waals surface area contributed by atoms with Crippen molar-refractivity contribution >= 4 is 39.1 Å². The highest BCUT2D eigenvalue weighted by Gasteiger charge is 2.13.